The van der Waals surface area contributed by atoms with Crippen LogP contribution in [-0.4, -0.2) is 25.0 Å². The van der Waals surface area contributed by atoms with Crippen LogP contribution in [0.15, 0.2) is 24.3 Å². The lowest BCUT2D eigenvalue weighted by molar-refractivity contribution is -0.124. The Morgan fingerprint density at radius 3 is 2.50 bits per heavy atom. The first-order valence-electron chi connectivity index (χ1n) is 5.88. The Bertz CT molecular complexity index is 359. The van der Waals surface area contributed by atoms with E-state index >= 15 is 0 Å². The molecule has 86 valence electrons. The smallest absolute Gasteiger partial charge is 0.237 e. The van der Waals surface area contributed by atoms with E-state index in [1.165, 1.54) is 11.1 Å². The van der Waals surface area contributed by atoms with Crippen molar-refractivity contribution in [3.63, 3.8) is 0 Å². The Balaban J connectivity index is 1.99. The molecule has 0 saturated carbocycles. The molecule has 0 spiro atoms. The van der Waals surface area contributed by atoms with Crippen LogP contribution in [0.25, 0.3) is 0 Å². The van der Waals surface area contributed by atoms with Crippen molar-refractivity contribution in [3.8, 4) is 0 Å². The Morgan fingerprint density at radius 2 is 1.88 bits per heavy atom. The second-order valence-electron chi connectivity index (χ2n) is 4.17. The molecule has 16 heavy (non-hydrogen) atoms. The first-order chi connectivity index (χ1) is 7.79. The molecule has 0 radical (unpaired) electrons. The molecule has 1 amide bonds. The summed E-state index contributed by atoms with van der Waals surface area (Å²) in [5, 5.41) is 6.11. The molecule has 0 bridgehead atoms. The third kappa shape index (κ3) is 2.61. The molecule has 0 aliphatic carbocycles. The molecule has 3 heteroatoms. The van der Waals surface area contributed by atoms with Crippen LogP contribution in [0.5, 0.6) is 0 Å². The van der Waals surface area contributed by atoms with E-state index in [2.05, 4.69) is 41.8 Å². The molecule has 2 N–H and O–H groups in total. The highest BCUT2D eigenvalue weighted by Crippen LogP contribution is 2.08. The van der Waals surface area contributed by atoms with Gasteiger partial charge in [-0.2, -0.15) is 0 Å². The van der Waals surface area contributed by atoms with E-state index in [0.29, 0.717) is 0 Å². The first kappa shape index (κ1) is 11.1. The number of rotatable bonds is 3. The van der Waals surface area contributed by atoms with Gasteiger partial charge >= 0.3 is 0 Å². The molecule has 0 aromatic heterocycles. The molecular formula is C13H18N2O. The Morgan fingerprint density at radius 1 is 1.19 bits per heavy atom. The summed E-state index contributed by atoms with van der Waals surface area (Å²) < 4.78 is 0. The molecule has 1 heterocycles. The molecule has 1 aliphatic rings. The average Bonchev–Trinajstić information content (AvgIpc) is 2.33. The van der Waals surface area contributed by atoms with Crippen LogP contribution in [0.1, 0.15) is 18.1 Å². The summed E-state index contributed by atoms with van der Waals surface area (Å²) in [5.74, 6) is 0.116. The lowest BCUT2D eigenvalue weighted by atomic mass is 10.0. The largest absolute Gasteiger partial charge is 0.353 e. The highest BCUT2D eigenvalue weighted by atomic mass is 16.2. The number of nitrogens with one attached hydrogen (secondary N) is 2. The molecular weight excluding hydrogens is 200 g/mol. The third-order valence-corrected chi connectivity index (χ3v) is 3.00. The van der Waals surface area contributed by atoms with E-state index in [4.69, 9.17) is 0 Å². The highest BCUT2D eigenvalue weighted by molar-refractivity contribution is 5.82. The maximum Gasteiger partial charge on any atom is 0.237 e. The molecule has 1 atom stereocenters. The van der Waals surface area contributed by atoms with Gasteiger partial charge in [0.25, 0.3) is 0 Å². The van der Waals surface area contributed by atoms with Crippen LogP contribution < -0.4 is 10.6 Å². The minimum absolute atomic E-state index is 0.0683. The Hall–Kier alpha value is -1.35. The van der Waals surface area contributed by atoms with Crippen molar-refractivity contribution in [1.82, 2.24) is 10.6 Å². The van der Waals surface area contributed by atoms with Gasteiger partial charge in [0.15, 0.2) is 0 Å². The number of aryl methyl sites for hydroxylation is 1. The zero-order chi connectivity index (χ0) is 11.4. The topological polar surface area (TPSA) is 41.1 Å². The normalized spacial score (nSPS) is 20.6. The average molecular weight is 218 g/mol. The van der Waals surface area contributed by atoms with Crippen molar-refractivity contribution < 1.29 is 4.79 Å². The minimum atomic E-state index is -0.0683. The predicted octanol–water partition coefficient (Wildman–Crippen LogP) is 0.879. The van der Waals surface area contributed by atoms with Gasteiger partial charge in [0.2, 0.25) is 5.91 Å². The SMILES string of the molecule is CCc1ccc(C[C@H]2NCCNC2=O)cc1. The van der Waals surface area contributed by atoms with Gasteiger partial charge in [-0.25, -0.2) is 0 Å². The molecule has 0 unspecified atom stereocenters. The number of piperazine rings is 1. The summed E-state index contributed by atoms with van der Waals surface area (Å²) in [6.07, 6.45) is 1.83. The molecule has 3 nitrogen and oxygen atoms in total. The number of carbonyl (C=O) groups excluding carboxylic acids is 1. The fourth-order valence-electron chi connectivity index (χ4n) is 1.96. The van der Waals surface area contributed by atoms with Gasteiger partial charge in [-0.1, -0.05) is 31.2 Å². The fraction of sp³-hybridized carbons (Fsp3) is 0.462. The number of benzene rings is 1. The molecule has 2 rings (SSSR count). The molecule has 1 fully saturated rings. The monoisotopic (exact) mass is 218 g/mol. The number of hydrogen-bond acceptors (Lipinski definition) is 2. The van der Waals surface area contributed by atoms with Crippen LogP contribution in [0.4, 0.5) is 0 Å². The van der Waals surface area contributed by atoms with Crippen LogP contribution in [0.3, 0.4) is 0 Å². The fourth-order valence-corrected chi connectivity index (χ4v) is 1.96. The zero-order valence-electron chi connectivity index (χ0n) is 9.62. The van der Waals surface area contributed by atoms with Crippen LogP contribution in [0.2, 0.25) is 0 Å². The third-order valence-electron chi connectivity index (χ3n) is 3.00. The summed E-state index contributed by atoms with van der Waals surface area (Å²) in [6, 6.07) is 8.43. The standard InChI is InChI=1S/C13H18N2O/c1-2-10-3-5-11(6-4-10)9-12-13(16)15-8-7-14-12/h3-6,12,14H,2,7-9H2,1H3,(H,15,16)/t12-/m1/s1. The first-order valence-corrected chi connectivity index (χ1v) is 5.88. The summed E-state index contributed by atoms with van der Waals surface area (Å²) in [5.41, 5.74) is 2.55. The van der Waals surface area contributed by atoms with E-state index in [1.54, 1.807) is 0 Å². The second-order valence-corrected chi connectivity index (χ2v) is 4.17. The Labute approximate surface area is 96.2 Å². The van der Waals surface area contributed by atoms with Gasteiger partial charge < -0.3 is 10.6 Å². The summed E-state index contributed by atoms with van der Waals surface area (Å²) in [4.78, 5) is 11.5. The number of amides is 1. The van der Waals surface area contributed by atoms with Crippen molar-refractivity contribution in [2.75, 3.05) is 13.1 Å². The van der Waals surface area contributed by atoms with Crippen LogP contribution in [-0.2, 0) is 17.6 Å². The summed E-state index contributed by atoms with van der Waals surface area (Å²) in [7, 11) is 0. The number of carbonyl (C=O) groups is 1. The number of hydrogen-bond donors (Lipinski definition) is 2. The van der Waals surface area contributed by atoms with Crippen molar-refractivity contribution in [2.24, 2.45) is 0 Å². The molecule has 1 aromatic carbocycles. The van der Waals surface area contributed by atoms with Crippen molar-refractivity contribution in [3.05, 3.63) is 35.4 Å². The van der Waals surface area contributed by atoms with Crippen LogP contribution >= 0.6 is 0 Å². The van der Waals surface area contributed by atoms with Gasteiger partial charge in [0.05, 0.1) is 6.04 Å². The van der Waals surface area contributed by atoms with Gasteiger partial charge in [-0.15, -0.1) is 0 Å². The molecule has 1 aromatic rings. The van der Waals surface area contributed by atoms with E-state index in [1.807, 2.05) is 0 Å². The van der Waals surface area contributed by atoms with Crippen molar-refractivity contribution >= 4 is 5.91 Å². The Kier molecular flexibility index (Phi) is 3.57. The lowest BCUT2D eigenvalue weighted by Gasteiger charge is -2.23. The minimum Gasteiger partial charge on any atom is -0.353 e. The van der Waals surface area contributed by atoms with Gasteiger partial charge in [-0.05, 0) is 24.0 Å². The van der Waals surface area contributed by atoms with Gasteiger partial charge in [0, 0.05) is 13.1 Å². The molecule has 1 saturated heterocycles. The maximum absolute atomic E-state index is 11.5. The van der Waals surface area contributed by atoms with Gasteiger partial charge in [0.1, 0.15) is 0 Å². The van der Waals surface area contributed by atoms with E-state index in [0.717, 1.165) is 25.9 Å². The maximum atomic E-state index is 11.5. The van der Waals surface area contributed by atoms with Crippen LogP contribution in [0, 0.1) is 0 Å². The zero-order valence-corrected chi connectivity index (χ0v) is 9.62. The van der Waals surface area contributed by atoms with Crippen molar-refractivity contribution in [2.45, 2.75) is 25.8 Å². The lowest BCUT2D eigenvalue weighted by Crippen LogP contribution is -2.53. The van der Waals surface area contributed by atoms with E-state index in [-0.39, 0.29) is 11.9 Å². The second kappa shape index (κ2) is 5.12. The summed E-state index contributed by atoms with van der Waals surface area (Å²) in [6.45, 7) is 3.75. The highest BCUT2D eigenvalue weighted by Gasteiger charge is 2.21. The quantitative estimate of drug-likeness (QED) is 0.790. The van der Waals surface area contributed by atoms with E-state index < -0.39 is 0 Å². The van der Waals surface area contributed by atoms with Gasteiger partial charge in [-0.3, -0.25) is 4.79 Å². The predicted molar refractivity (Wildman–Crippen MR) is 64.3 cm³/mol. The van der Waals surface area contributed by atoms with Crippen molar-refractivity contribution in [1.29, 1.82) is 0 Å². The van der Waals surface area contributed by atoms with E-state index in [9.17, 15) is 4.79 Å². The molecule has 1 aliphatic heterocycles. The summed E-state index contributed by atoms with van der Waals surface area (Å²) >= 11 is 0.